The van der Waals surface area contributed by atoms with Gasteiger partial charge in [-0.25, -0.2) is 9.97 Å². The summed E-state index contributed by atoms with van der Waals surface area (Å²) in [6, 6.07) is 9.77. The molecule has 0 saturated heterocycles. The van der Waals surface area contributed by atoms with Crippen LogP contribution in [0.2, 0.25) is 0 Å². The first-order valence-electron chi connectivity index (χ1n) is 8.58. The van der Waals surface area contributed by atoms with Crippen molar-refractivity contribution in [3.8, 4) is 0 Å². The van der Waals surface area contributed by atoms with Crippen LogP contribution in [0.25, 0.3) is 11.2 Å². The van der Waals surface area contributed by atoms with Crippen LogP contribution in [-0.4, -0.2) is 46.0 Å². The molecule has 8 nitrogen and oxygen atoms in total. The summed E-state index contributed by atoms with van der Waals surface area (Å²) in [6.45, 7) is 5.42. The average Bonchev–Trinajstić information content (AvgIpc) is 2.67. The predicted molar refractivity (Wildman–Crippen MR) is 100 cm³/mol. The van der Waals surface area contributed by atoms with Crippen LogP contribution in [0.4, 0.5) is 17.5 Å². The zero-order valence-corrected chi connectivity index (χ0v) is 14.8. The van der Waals surface area contributed by atoms with Crippen LogP contribution in [0.3, 0.4) is 0 Å². The maximum absolute atomic E-state index is 5.53. The van der Waals surface area contributed by atoms with Gasteiger partial charge in [0.2, 0.25) is 5.95 Å². The van der Waals surface area contributed by atoms with Gasteiger partial charge >= 0.3 is 0 Å². The number of rotatable bonds is 9. The molecule has 2 aromatic heterocycles. The van der Waals surface area contributed by atoms with Gasteiger partial charge in [-0.3, -0.25) is 0 Å². The first-order valence-corrected chi connectivity index (χ1v) is 8.58. The number of nitrogens with one attached hydrogen (secondary N) is 2. The van der Waals surface area contributed by atoms with E-state index in [0.29, 0.717) is 42.7 Å². The zero-order chi connectivity index (χ0) is 18.2. The van der Waals surface area contributed by atoms with Gasteiger partial charge in [0.25, 0.3) is 0 Å². The highest BCUT2D eigenvalue weighted by molar-refractivity contribution is 5.85. The van der Waals surface area contributed by atoms with Crippen molar-refractivity contribution in [2.45, 2.75) is 20.1 Å². The smallest absolute Gasteiger partial charge is 0.227 e. The number of anilines is 3. The summed E-state index contributed by atoms with van der Waals surface area (Å²) in [7, 11) is 0. The summed E-state index contributed by atoms with van der Waals surface area (Å²) in [5.41, 5.74) is 2.02. The summed E-state index contributed by atoms with van der Waals surface area (Å²) >= 11 is 0. The average molecular weight is 354 g/mol. The Morgan fingerprint density at radius 2 is 1.69 bits per heavy atom. The quantitative estimate of drug-likeness (QED) is 0.567. The molecule has 0 radical (unpaired) electrons. The van der Waals surface area contributed by atoms with Crippen molar-refractivity contribution in [1.82, 2.24) is 19.9 Å². The van der Waals surface area contributed by atoms with Crippen molar-refractivity contribution in [2.75, 3.05) is 30.4 Å². The summed E-state index contributed by atoms with van der Waals surface area (Å²) in [5.74, 6) is 1.02. The van der Waals surface area contributed by atoms with Gasteiger partial charge in [0.15, 0.2) is 23.3 Å². The van der Waals surface area contributed by atoms with Gasteiger partial charge < -0.3 is 20.1 Å². The van der Waals surface area contributed by atoms with Crippen molar-refractivity contribution in [3.05, 3.63) is 42.7 Å². The highest BCUT2D eigenvalue weighted by Gasteiger charge is 2.13. The van der Waals surface area contributed by atoms with E-state index in [2.05, 4.69) is 30.6 Å². The van der Waals surface area contributed by atoms with Crippen molar-refractivity contribution >= 4 is 28.6 Å². The van der Waals surface area contributed by atoms with E-state index in [9.17, 15) is 0 Å². The molecule has 0 saturated carbocycles. The van der Waals surface area contributed by atoms with Gasteiger partial charge in [-0.05, 0) is 26.0 Å². The maximum atomic E-state index is 5.53. The molecule has 3 rings (SSSR count). The second kappa shape index (κ2) is 9.02. The number of benzene rings is 1. The van der Waals surface area contributed by atoms with E-state index in [1.54, 1.807) is 12.4 Å². The van der Waals surface area contributed by atoms with Gasteiger partial charge in [0.1, 0.15) is 0 Å². The number of hydrogen-bond donors (Lipinski definition) is 2. The third kappa shape index (κ3) is 4.62. The molecule has 8 heteroatoms. The Labute approximate surface area is 152 Å². The monoisotopic (exact) mass is 354 g/mol. The minimum atomic E-state index is -0.364. The van der Waals surface area contributed by atoms with Crippen LogP contribution < -0.4 is 10.6 Å². The van der Waals surface area contributed by atoms with Gasteiger partial charge in [-0.15, -0.1) is 0 Å². The largest absolute Gasteiger partial charge is 0.351 e. The van der Waals surface area contributed by atoms with Crippen LogP contribution in [-0.2, 0) is 9.47 Å². The van der Waals surface area contributed by atoms with E-state index >= 15 is 0 Å². The van der Waals surface area contributed by atoms with E-state index in [0.717, 1.165) is 5.69 Å². The van der Waals surface area contributed by atoms with Crippen molar-refractivity contribution in [3.63, 3.8) is 0 Å². The molecular formula is C18H22N6O2. The van der Waals surface area contributed by atoms with E-state index in [1.807, 2.05) is 44.2 Å². The van der Waals surface area contributed by atoms with Gasteiger partial charge in [-0.2, -0.15) is 9.97 Å². The highest BCUT2D eigenvalue weighted by Crippen LogP contribution is 2.22. The van der Waals surface area contributed by atoms with Crippen LogP contribution in [0.15, 0.2) is 42.7 Å². The van der Waals surface area contributed by atoms with E-state index in [-0.39, 0.29) is 6.29 Å². The van der Waals surface area contributed by atoms with E-state index < -0.39 is 0 Å². The molecular weight excluding hydrogens is 332 g/mol. The molecule has 0 fully saturated rings. The lowest BCUT2D eigenvalue weighted by molar-refractivity contribution is -0.126. The number of para-hydroxylation sites is 1. The summed E-state index contributed by atoms with van der Waals surface area (Å²) in [6.07, 6.45) is 2.86. The number of ether oxygens (including phenoxy) is 2. The molecule has 0 spiro atoms. The molecule has 0 aliphatic carbocycles. The third-order valence-corrected chi connectivity index (χ3v) is 3.50. The second-order valence-corrected chi connectivity index (χ2v) is 5.34. The summed E-state index contributed by atoms with van der Waals surface area (Å²) in [5, 5.41) is 6.42. The number of hydrogen-bond acceptors (Lipinski definition) is 8. The third-order valence-electron chi connectivity index (χ3n) is 3.50. The zero-order valence-electron chi connectivity index (χ0n) is 14.8. The Kier molecular flexibility index (Phi) is 6.24. The SMILES string of the molecule is CCOC(CNc1nc(Nc2ccccc2)c2nccnc2n1)OCC. The van der Waals surface area contributed by atoms with Crippen LogP contribution >= 0.6 is 0 Å². The number of fused-ring (bicyclic) bond motifs is 1. The summed E-state index contributed by atoms with van der Waals surface area (Å²) in [4.78, 5) is 17.6. The lowest BCUT2D eigenvalue weighted by Gasteiger charge is -2.17. The van der Waals surface area contributed by atoms with Gasteiger partial charge in [-0.1, -0.05) is 18.2 Å². The highest BCUT2D eigenvalue weighted by atomic mass is 16.7. The topological polar surface area (TPSA) is 94.1 Å². The van der Waals surface area contributed by atoms with E-state index in [4.69, 9.17) is 9.47 Å². The standard InChI is InChI=1S/C18H22N6O2/c1-3-25-14(26-4-2)12-21-18-23-16-15(19-10-11-20-16)17(24-18)22-13-8-6-5-7-9-13/h5-11,14H,3-4,12H2,1-2H3,(H2,20,21,22,23,24). The first-order chi connectivity index (χ1) is 12.8. The van der Waals surface area contributed by atoms with E-state index in [1.165, 1.54) is 0 Å². The predicted octanol–water partition coefficient (Wildman–Crippen LogP) is 2.97. The molecule has 3 aromatic rings. The van der Waals surface area contributed by atoms with Gasteiger partial charge in [0.05, 0.1) is 6.54 Å². The Morgan fingerprint density at radius 1 is 0.962 bits per heavy atom. The van der Waals surface area contributed by atoms with Crippen LogP contribution in [0.5, 0.6) is 0 Å². The number of nitrogens with zero attached hydrogens (tertiary/aromatic N) is 4. The molecule has 0 unspecified atom stereocenters. The Morgan fingerprint density at radius 3 is 2.42 bits per heavy atom. The fourth-order valence-electron chi connectivity index (χ4n) is 2.40. The van der Waals surface area contributed by atoms with Gasteiger partial charge in [0, 0.05) is 31.3 Å². The molecule has 0 aliphatic rings. The van der Waals surface area contributed by atoms with Crippen molar-refractivity contribution in [1.29, 1.82) is 0 Å². The lowest BCUT2D eigenvalue weighted by Crippen LogP contribution is -2.27. The van der Waals surface area contributed by atoms with Crippen LogP contribution in [0, 0.1) is 0 Å². The number of aromatic nitrogens is 4. The second-order valence-electron chi connectivity index (χ2n) is 5.34. The van der Waals surface area contributed by atoms with Crippen LogP contribution in [0.1, 0.15) is 13.8 Å². The minimum Gasteiger partial charge on any atom is -0.351 e. The van der Waals surface area contributed by atoms with Crippen molar-refractivity contribution in [2.24, 2.45) is 0 Å². The molecule has 136 valence electrons. The fraction of sp³-hybridized carbons (Fsp3) is 0.333. The fourth-order valence-corrected chi connectivity index (χ4v) is 2.40. The maximum Gasteiger partial charge on any atom is 0.227 e. The molecule has 0 aliphatic heterocycles. The van der Waals surface area contributed by atoms with Crippen molar-refractivity contribution < 1.29 is 9.47 Å². The minimum absolute atomic E-state index is 0.364. The molecule has 0 atom stereocenters. The Bertz CT molecular complexity index is 824. The lowest BCUT2D eigenvalue weighted by atomic mass is 10.3. The normalized spacial score (nSPS) is 11.0. The molecule has 0 amide bonds. The molecule has 2 N–H and O–H groups in total. The molecule has 26 heavy (non-hydrogen) atoms. The Balaban J connectivity index is 1.84. The summed E-state index contributed by atoms with van der Waals surface area (Å²) < 4.78 is 11.1. The molecule has 0 bridgehead atoms. The molecule has 1 aromatic carbocycles. The first kappa shape index (κ1) is 18.0. The molecule has 2 heterocycles. The Hall–Kier alpha value is -2.84.